The summed E-state index contributed by atoms with van der Waals surface area (Å²) in [6.07, 6.45) is 1.66. The van der Waals surface area contributed by atoms with E-state index in [1.807, 2.05) is 0 Å². The summed E-state index contributed by atoms with van der Waals surface area (Å²) in [5, 5.41) is 7.90. The molecule has 0 fully saturated rings. The van der Waals surface area contributed by atoms with Gasteiger partial charge in [-0.1, -0.05) is 6.08 Å². The average Bonchev–Trinajstić information content (AvgIpc) is 2.27. The highest BCUT2D eigenvalue weighted by Gasteiger charge is 2.03. The molecule has 0 unspecified atom stereocenters. The van der Waals surface area contributed by atoms with E-state index >= 15 is 0 Å². The molecule has 0 rings (SSSR count). The lowest BCUT2D eigenvalue weighted by atomic mass is 10.5. The first-order valence-electron chi connectivity index (χ1n) is 5.04. The highest BCUT2D eigenvalue weighted by molar-refractivity contribution is 5.85. The molecule has 16 heavy (non-hydrogen) atoms. The van der Waals surface area contributed by atoms with Crippen molar-refractivity contribution in [2.75, 3.05) is 39.9 Å². The molecule has 6 nitrogen and oxygen atoms in total. The minimum atomic E-state index is -0.228. The molecule has 0 aliphatic carbocycles. The number of nitrogens with one attached hydrogen (secondary N) is 3. The van der Waals surface area contributed by atoms with Crippen LogP contribution in [0.15, 0.2) is 12.7 Å². The molecule has 0 aromatic carbocycles. The Morgan fingerprint density at radius 3 is 2.56 bits per heavy atom. The molecule has 0 aliphatic heterocycles. The summed E-state index contributed by atoms with van der Waals surface area (Å²) in [5.41, 5.74) is 0. The first-order chi connectivity index (χ1) is 7.70. The fourth-order valence-corrected chi connectivity index (χ4v) is 0.884. The minimum Gasteiger partial charge on any atom is -0.383 e. The summed E-state index contributed by atoms with van der Waals surface area (Å²) < 4.78 is 4.76. The van der Waals surface area contributed by atoms with Gasteiger partial charge in [0.25, 0.3) is 0 Å². The van der Waals surface area contributed by atoms with E-state index in [-0.39, 0.29) is 24.9 Å². The van der Waals surface area contributed by atoms with E-state index in [2.05, 4.69) is 22.5 Å². The molecule has 0 radical (unpaired) electrons. The molecule has 0 saturated carbocycles. The van der Waals surface area contributed by atoms with Gasteiger partial charge in [0.2, 0.25) is 11.8 Å². The summed E-state index contributed by atoms with van der Waals surface area (Å²) in [6.45, 7) is 5.13. The van der Waals surface area contributed by atoms with E-state index in [1.54, 1.807) is 13.2 Å². The van der Waals surface area contributed by atoms with Gasteiger partial charge in [0.1, 0.15) is 0 Å². The van der Waals surface area contributed by atoms with Crippen molar-refractivity contribution >= 4 is 11.8 Å². The number of ether oxygens (including phenoxy) is 1. The first-order valence-corrected chi connectivity index (χ1v) is 5.04. The van der Waals surface area contributed by atoms with E-state index in [0.29, 0.717) is 19.7 Å². The molecular weight excluding hydrogens is 210 g/mol. The number of hydrogen-bond acceptors (Lipinski definition) is 4. The molecule has 0 saturated heterocycles. The summed E-state index contributed by atoms with van der Waals surface area (Å²) in [4.78, 5) is 22.3. The Kier molecular flexibility index (Phi) is 9.24. The summed E-state index contributed by atoms with van der Waals surface area (Å²) >= 11 is 0. The van der Waals surface area contributed by atoms with Crippen LogP contribution in [0.3, 0.4) is 0 Å². The maximum Gasteiger partial charge on any atom is 0.239 e. The zero-order chi connectivity index (χ0) is 12.2. The fourth-order valence-electron chi connectivity index (χ4n) is 0.884. The molecule has 0 aromatic heterocycles. The van der Waals surface area contributed by atoms with Crippen molar-refractivity contribution in [1.82, 2.24) is 16.0 Å². The van der Waals surface area contributed by atoms with Crippen molar-refractivity contribution in [3.63, 3.8) is 0 Å². The topological polar surface area (TPSA) is 79.5 Å². The standard InChI is InChI=1S/C10H19N3O3/c1-3-4-11-7-9(14)13-8-10(15)12-5-6-16-2/h3,11H,1,4-8H2,2H3,(H,12,15)(H,13,14). The van der Waals surface area contributed by atoms with Crippen LogP contribution in [0.4, 0.5) is 0 Å². The maximum atomic E-state index is 11.1. The normalized spacial score (nSPS) is 9.56. The van der Waals surface area contributed by atoms with Crippen molar-refractivity contribution in [2.24, 2.45) is 0 Å². The molecule has 0 spiro atoms. The lowest BCUT2D eigenvalue weighted by Crippen LogP contribution is -2.41. The lowest BCUT2D eigenvalue weighted by molar-refractivity contribution is -0.125. The number of amides is 2. The van der Waals surface area contributed by atoms with E-state index in [0.717, 1.165) is 0 Å². The first kappa shape index (κ1) is 14.6. The van der Waals surface area contributed by atoms with Gasteiger partial charge in [-0.2, -0.15) is 0 Å². The van der Waals surface area contributed by atoms with Crippen LogP contribution in [-0.4, -0.2) is 51.7 Å². The van der Waals surface area contributed by atoms with Gasteiger partial charge in [-0.3, -0.25) is 9.59 Å². The van der Waals surface area contributed by atoms with Crippen LogP contribution in [0, 0.1) is 0 Å². The summed E-state index contributed by atoms with van der Waals surface area (Å²) in [5.74, 6) is -0.446. The summed E-state index contributed by atoms with van der Waals surface area (Å²) in [6, 6.07) is 0. The van der Waals surface area contributed by atoms with Crippen molar-refractivity contribution in [3.05, 3.63) is 12.7 Å². The zero-order valence-corrected chi connectivity index (χ0v) is 9.54. The maximum absolute atomic E-state index is 11.1. The Morgan fingerprint density at radius 1 is 1.25 bits per heavy atom. The van der Waals surface area contributed by atoms with Crippen LogP contribution in [0.25, 0.3) is 0 Å². The SMILES string of the molecule is C=CCNCC(=O)NCC(=O)NCCOC. The third-order valence-corrected chi connectivity index (χ3v) is 1.65. The third-order valence-electron chi connectivity index (χ3n) is 1.65. The second-order valence-corrected chi connectivity index (χ2v) is 3.04. The number of carbonyl (C=O) groups is 2. The fraction of sp³-hybridized carbons (Fsp3) is 0.600. The summed E-state index contributed by atoms with van der Waals surface area (Å²) in [7, 11) is 1.55. The smallest absolute Gasteiger partial charge is 0.239 e. The van der Waals surface area contributed by atoms with Crippen LogP contribution in [0.5, 0.6) is 0 Å². The molecular formula is C10H19N3O3. The van der Waals surface area contributed by atoms with E-state index in [4.69, 9.17) is 4.74 Å². The highest BCUT2D eigenvalue weighted by atomic mass is 16.5. The van der Waals surface area contributed by atoms with Crippen LogP contribution in [0.2, 0.25) is 0 Å². The zero-order valence-electron chi connectivity index (χ0n) is 9.54. The molecule has 0 aromatic rings. The quantitative estimate of drug-likeness (QED) is 0.337. The van der Waals surface area contributed by atoms with Gasteiger partial charge in [-0.25, -0.2) is 0 Å². The molecule has 0 atom stereocenters. The van der Waals surface area contributed by atoms with Crippen molar-refractivity contribution in [2.45, 2.75) is 0 Å². The Hall–Kier alpha value is -1.40. The molecule has 6 heteroatoms. The second kappa shape index (κ2) is 10.1. The highest BCUT2D eigenvalue weighted by Crippen LogP contribution is 1.69. The van der Waals surface area contributed by atoms with Gasteiger partial charge in [-0.05, 0) is 0 Å². The van der Waals surface area contributed by atoms with Crippen LogP contribution in [-0.2, 0) is 14.3 Å². The second-order valence-electron chi connectivity index (χ2n) is 3.04. The van der Waals surface area contributed by atoms with Crippen LogP contribution < -0.4 is 16.0 Å². The van der Waals surface area contributed by atoms with Crippen LogP contribution in [0.1, 0.15) is 0 Å². The minimum absolute atomic E-state index is 0.0156. The van der Waals surface area contributed by atoms with E-state index < -0.39 is 0 Å². The van der Waals surface area contributed by atoms with Gasteiger partial charge in [0.15, 0.2) is 0 Å². The van der Waals surface area contributed by atoms with Crippen molar-refractivity contribution < 1.29 is 14.3 Å². The average molecular weight is 229 g/mol. The monoisotopic (exact) mass is 229 g/mol. The Morgan fingerprint density at radius 2 is 1.94 bits per heavy atom. The number of rotatable bonds is 9. The molecule has 0 heterocycles. The molecule has 0 aliphatic rings. The predicted molar refractivity (Wildman–Crippen MR) is 61.0 cm³/mol. The number of methoxy groups -OCH3 is 1. The predicted octanol–water partition coefficient (Wildman–Crippen LogP) is -1.36. The molecule has 92 valence electrons. The molecule has 3 N–H and O–H groups in total. The molecule has 2 amide bonds. The van der Waals surface area contributed by atoms with Crippen molar-refractivity contribution in [3.8, 4) is 0 Å². The van der Waals surface area contributed by atoms with Gasteiger partial charge >= 0.3 is 0 Å². The Labute approximate surface area is 95.4 Å². The van der Waals surface area contributed by atoms with Gasteiger partial charge in [0.05, 0.1) is 19.7 Å². The lowest BCUT2D eigenvalue weighted by Gasteiger charge is -2.06. The molecule has 0 bridgehead atoms. The third kappa shape index (κ3) is 9.17. The van der Waals surface area contributed by atoms with Gasteiger partial charge in [-0.15, -0.1) is 6.58 Å². The largest absolute Gasteiger partial charge is 0.383 e. The Balaban J connectivity index is 3.43. The van der Waals surface area contributed by atoms with Crippen molar-refractivity contribution in [1.29, 1.82) is 0 Å². The Bertz CT molecular complexity index is 231. The number of carbonyl (C=O) groups excluding carboxylic acids is 2. The van der Waals surface area contributed by atoms with Gasteiger partial charge < -0.3 is 20.7 Å². The van der Waals surface area contributed by atoms with E-state index in [1.165, 1.54) is 0 Å². The van der Waals surface area contributed by atoms with Crippen LogP contribution >= 0.6 is 0 Å². The number of hydrogen-bond donors (Lipinski definition) is 3. The van der Waals surface area contributed by atoms with E-state index in [9.17, 15) is 9.59 Å². The van der Waals surface area contributed by atoms with Gasteiger partial charge in [0, 0.05) is 20.2 Å².